The van der Waals surface area contributed by atoms with E-state index in [-0.39, 0.29) is 23.7 Å². The summed E-state index contributed by atoms with van der Waals surface area (Å²) in [5.41, 5.74) is 5.70. The van der Waals surface area contributed by atoms with Gasteiger partial charge in [0.05, 0.1) is 0 Å². The van der Waals surface area contributed by atoms with Crippen LogP contribution < -0.4 is 5.73 Å². The van der Waals surface area contributed by atoms with Crippen LogP contribution in [0.3, 0.4) is 0 Å². The first-order chi connectivity index (χ1) is 7.44. The van der Waals surface area contributed by atoms with Crippen LogP contribution in [0.4, 0.5) is 13.2 Å². The summed E-state index contributed by atoms with van der Waals surface area (Å²) >= 11 is 0. The van der Waals surface area contributed by atoms with Gasteiger partial charge in [0, 0.05) is 12.0 Å². The molecule has 90 valence electrons. The van der Waals surface area contributed by atoms with Gasteiger partial charge in [0.2, 0.25) is 5.89 Å². The Morgan fingerprint density at radius 3 is 2.69 bits per heavy atom. The number of hydrogen-bond donors (Lipinski definition) is 1. The Morgan fingerprint density at radius 2 is 2.12 bits per heavy atom. The highest BCUT2D eigenvalue weighted by Crippen LogP contribution is 2.32. The maximum atomic E-state index is 12.0. The van der Waals surface area contributed by atoms with Crippen LogP contribution in [0, 0.1) is 0 Å². The van der Waals surface area contributed by atoms with E-state index in [9.17, 15) is 13.2 Å². The highest BCUT2D eigenvalue weighted by atomic mass is 19.4. The van der Waals surface area contributed by atoms with Crippen molar-refractivity contribution in [2.45, 2.75) is 43.8 Å². The maximum Gasteiger partial charge on any atom is 0.396 e. The van der Waals surface area contributed by atoms with Gasteiger partial charge in [-0.05, 0) is 19.3 Å². The summed E-state index contributed by atoms with van der Waals surface area (Å²) in [6.07, 6.45) is -3.09. The van der Waals surface area contributed by atoms with E-state index in [0.717, 1.165) is 12.8 Å². The molecule has 16 heavy (non-hydrogen) atoms. The molecule has 0 amide bonds. The van der Waals surface area contributed by atoms with Crippen LogP contribution in [0.2, 0.25) is 0 Å². The van der Waals surface area contributed by atoms with Crippen LogP contribution in [-0.2, 0) is 6.42 Å². The molecule has 0 spiro atoms. The molecule has 1 aliphatic rings. The van der Waals surface area contributed by atoms with E-state index in [4.69, 9.17) is 10.3 Å². The molecule has 0 bridgehead atoms. The van der Waals surface area contributed by atoms with Crippen molar-refractivity contribution in [1.82, 2.24) is 10.1 Å². The second kappa shape index (κ2) is 4.04. The smallest absolute Gasteiger partial charge is 0.339 e. The molecule has 1 heterocycles. The van der Waals surface area contributed by atoms with Crippen LogP contribution in [0.5, 0.6) is 0 Å². The van der Waals surface area contributed by atoms with Gasteiger partial charge in [0.15, 0.2) is 5.82 Å². The number of halogens is 3. The average molecular weight is 235 g/mol. The van der Waals surface area contributed by atoms with Gasteiger partial charge in [-0.1, -0.05) is 5.16 Å². The quantitative estimate of drug-likeness (QED) is 0.848. The highest BCUT2D eigenvalue weighted by Gasteiger charge is 2.32. The Hall–Kier alpha value is -1.11. The molecule has 0 radical (unpaired) electrons. The first-order valence-electron chi connectivity index (χ1n) is 5.09. The van der Waals surface area contributed by atoms with E-state index in [1.54, 1.807) is 0 Å². The van der Waals surface area contributed by atoms with Gasteiger partial charge < -0.3 is 10.3 Å². The van der Waals surface area contributed by atoms with E-state index in [1.165, 1.54) is 0 Å². The molecule has 1 aliphatic carbocycles. The fourth-order valence-electron chi connectivity index (χ4n) is 1.93. The Morgan fingerprint density at radius 1 is 1.38 bits per heavy atom. The summed E-state index contributed by atoms with van der Waals surface area (Å²) < 4.78 is 41.0. The van der Waals surface area contributed by atoms with E-state index < -0.39 is 12.6 Å². The van der Waals surface area contributed by atoms with Crippen molar-refractivity contribution >= 4 is 0 Å². The fourth-order valence-corrected chi connectivity index (χ4v) is 1.93. The molecule has 2 N–H and O–H groups in total. The minimum atomic E-state index is -4.30. The monoisotopic (exact) mass is 235 g/mol. The van der Waals surface area contributed by atoms with Crippen molar-refractivity contribution in [1.29, 1.82) is 0 Å². The summed E-state index contributed by atoms with van der Waals surface area (Å²) in [6, 6.07) is 0.0861. The van der Waals surface area contributed by atoms with Gasteiger partial charge in [0.25, 0.3) is 0 Å². The maximum absolute atomic E-state index is 12.0. The molecule has 1 fully saturated rings. The largest absolute Gasteiger partial charge is 0.396 e. The van der Waals surface area contributed by atoms with Crippen LogP contribution in [-0.4, -0.2) is 22.4 Å². The minimum absolute atomic E-state index is 0.0180. The third-order valence-corrected chi connectivity index (χ3v) is 2.66. The predicted octanol–water partition coefficient (Wildman–Crippen LogP) is 1.77. The van der Waals surface area contributed by atoms with E-state index in [2.05, 4.69) is 10.1 Å². The molecule has 0 saturated heterocycles. The van der Waals surface area contributed by atoms with Crippen LogP contribution in [0.15, 0.2) is 4.52 Å². The molecule has 2 rings (SSSR count). The first kappa shape index (κ1) is 11.4. The zero-order chi connectivity index (χ0) is 11.8. The summed E-state index contributed by atoms with van der Waals surface area (Å²) in [6.45, 7) is 0. The summed E-state index contributed by atoms with van der Waals surface area (Å²) in [5, 5.41) is 3.32. The predicted molar refractivity (Wildman–Crippen MR) is 48.6 cm³/mol. The molecule has 0 aliphatic heterocycles. The number of alkyl halides is 3. The third kappa shape index (κ3) is 2.72. The Balaban J connectivity index is 2.02. The second-order valence-corrected chi connectivity index (χ2v) is 4.11. The first-order valence-corrected chi connectivity index (χ1v) is 5.09. The van der Waals surface area contributed by atoms with Crippen molar-refractivity contribution in [3.05, 3.63) is 11.7 Å². The highest BCUT2D eigenvalue weighted by molar-refractivity contribution is 4.99. The van der Waals surface area contributed by atoms with Crippen molar-refractivity contribution in [2.75, 3.05) is 0 Å². The Labute approximate surface area is 90.0 Å². The Bertz CT molecular complexity index is 363. The van der Waals surface area contributed by atoms with Gasteiger partial charge in [-0.2, -0.15) is 18.2 Å². The molecular formula is C9H12F3N3O. The summed E-state index contributed by atoms with van der Waals surface area (Å²) in [4.78, 5) is 3.76. The second-order valence-electron chi connectivity index (χ2n) is 4.11. The molecule has 1 aromatic rings. The van der Waals surface area contributed by atoms with E-state index in [0.29, 0.717) is 6.42 Å². The molecule has 0 aromatic carbocycles. The lowest BCUT2D eigenvalue weighted by molar-refractivity contribution is -0.128. The molecule has 4 nitrogen and oxygen atoms in total. The number of rotatable bonds is 2. The zero-order valence-electron chi connectivity index (χ0n) is 8.50. The van der Waals surface area contributed by atoms with Crippen molar-refractivity contribution in [2.24, 2.45) is 5.73 Å². The van der Waals surface area contributed by atoms with Crippen LogP contribution >= 0.6 is 0 Å². The molecule has 1 saturated carbocycles. The van der Waals surface area contributed by atoms with Gasteiger partial charge in [-0.25, -0.2) is 0 Å². The van der Waals surface area contributed by atoms with Crippen molar-refractivity contribution < 1.29 is 17.7 Å². The number of aromatic nitrogens is 2. The normalized spacial score (nSPS) is 26.2. The molecule has 1 aromatic heterocycles. The number of nitrogens with zero attached hydrogens (tertiary/aromatic N) is 2. The lowest BCUT2D eigenvalue weighted by Gasteiger charge is -2.02. The van der Waals surface area contributed by atoms with E-state index >= 15 is 0 Å². The standard InChI is InChI=1S/C9H12F3N3O/c10-9(11,12)4-7-14-8(16-15-7)5-1-2-6(13)3-5/h5-6H,1-4,13H2. The average Bonchev–Trinajstić information content (AvgIpc) is 2.71. The molecular weight excluding hydrogens is 223 g/mol. The lowest BCUT2D eigenvalue weighted by Crippen LogP contribution is -2.14. The van der Waals surface area contributed by atoms with Gasteiger partial charge in [-0.3, -0.25) is 0 Å². The third-order valence-electron chi connectivity index (χ3n) is 2.66. The zero-order valence-corrected chi connectivity index (χ0v) is 8.50. The summed E-state index contributed by atoms with van der Waals surface area (Å²) in [7, 11) is 0. The SMILES string of the molecule is NC1CCC(c2nc(CC(F)(F)F)no2)C1. The van der Waals surface area contributed by atoms with Crippen LogP contribution in [0.25, 0.3) is 0 Å². The van der Waals surface area contributed by atoms with E-state index in [1.807, 2.05) is 0 Å². The summed E-state index contributed by atoms with van der Waals surface area (Å²) in [5.74, 6) is -0.000319. The Kier molecular flexibility index (Phi) is 2.88. The lowest BCUT2D eigenvalue weighted by atomic mass is 10.1. The number of nitrogens with two attached hydrogens (primary N) is 1. The van der Waals surface area contributed by atoms with Gasteiger partial charge in [0.1, 0.15) is 6.42 Å². The van der Waals surface area contributed by atoms with Gasteiger partial charge >= 0.3 is 6.18 Å². The van der Waals surface area contributed by atoms with Gasteiger partial charge in [-0.15, -0.1) is 0 Å². The van der Waals surface area contributed by atoms with Crippen molar-refractivity contribution in [3.63, 3.8) is 0 Å². The molecule has 2 unspecified atom stereocenters. The molecule has 7 heteroatoms. The molecule has 2 atom stereocenters. The van der Waals surface area contributed by atoms with Crippen molar-refractivity contribution in [3.8, 4) is 0 Å². The number of hydrogen-bond acceptors (Lipinski definition) is 4. The fraction of sp³-hybridized carbons (Fsp3) is 0.778. The van der Waals surface area contributed by atoms with Crippen LogP contribution in [0.1, 0.15) is 36.9 Å². The topological polar surface area (TPSA) is 64.9 Å². The minimum Gasteiger partial charge on any atom is -0.339 e.